The highest BCUT2D eigenvalue weighted by Crippen LogP contribution is 2.14. The molecule has 96 valence electrons. The van der Waals surface area contributed by atoms with Gasteiger partial charge in [0.25, 0.3) is 0 Å². The van der Waals surface area contributed by atoms with Gasteiger partial charge >= 0.3 is 0 Å². The predicted octanol–water partition coefficient (Wildman–Crippen LogP) is 1.41. The van der Waals surface area contributed by atoms with Crippen molar-refractivity contribution in [1.82, 2.24) is 25.1 Å². The molecule has 5 heteroatoms. The lowest BCUT2D eigenvalue weighted by Gasteiger charge is -2.15. The molecule has 1 unspecified atom stereocenters. The molecule has 0 spiro atoms. The van der Waals surface area contributed by atoms with Gasteiger partial charge in [0.2, 0.25) is 0 Å². The fourth-order valence-electron chi connectivity index (χ4n) is 1.89. The minimum absolute atomic E-state index is 0.165. The van der Waals surface area contributed by atoms with Crippen molar-refractivity contribution in [3.8, 4) is 0 Å². The minimum Gasteiger partial charge on any atom is -0.309 e. The van der Waals surface area contributed by atoms with Gasteiger partial charge in [-0.1, -0.05) is 6.92 Å². The first-order valence-corrected chi connectivity index (χ1v) is 6.19. The van der Waals surface area contributed by atoms with Crippen LogP contribution in [0, 0.1) is 6.92 Å². The Morgan fingerprint density at radius 2 is 2.17 bits per heavy atom. The van der Waals surface area contributed by atoms with E-state index in [1.165, 1.54) is 0 Å². The average molecular weight is 245 g/mol. The highest BCUT2D eigenvalue weighted by atomic mass is 15.2. The highest BCUT2D eigenvalue weighted by molar-refractivity contribution is 5.11. The third-order valence-corrected chi connectivity index (χ3v) is 2.79. The van der Waals surface area contributed by atoms with Crippen LogP contribution < -0.4 is 5.32 Å². The van der Waals surface area contributed by atoms with Gasteiger partial charge < -0.3 is 5.32 Å². The SMILES string of the molecule is CCNC(Cc1ccn(C)n1)c1cnc(C)cn1. The summed E-state index contributed by atoms with van der Waals surface area (Å²) in [6.07, 6.45) is 6.43. The third-order valence-electron chi connectivity index (χ3n) is 2.79. The van der Waals surface area contributed by atoms with Crippen molar-refractivity contribution in [2.75, 3.05) is 6.54 Å². The van der Waals surface area contributed by atoms with Crippen LogP contribution in [-0.2, 0) is 13.5 Å². The molecule has 2 aromatic heterocycles. The first kappa shape index (κ1) is 12.7. The van der Waals surface area contributed by atoms with Crippen molar-refractivity contribution >= 4 is 0 Å². The second-order valence-electron chi connectivity index (χ2n) is 4.38. The maximum Gasteiger partial charge on any atom is 0.0760 e. The Morgan fingerprint density at radius 1 is 1.33 bits per heavy atom. The molecule has 0 saturated heterocycles. The van der Waals surface area contributed by atoms with Gasteiger partial charge in [-0.2, -0.15) is 5.10 Å². The summed E-state index contributed by atoms with van der Waals surface area (Å²) in [6.45, 7) is 4.93. The zero-order valence-electron chi connectivity index (χ0n) is 11.1. The van der Waals surface area contributed by atoms with Crippen LogP contribution in [-0.4, -0.2) is 26.3 Å². The van der Waals surface area contributed by atoms with Gasteiger partial charge in [0.15, 0.2) is 0 Å². The van der Waals surface area contributed by atoms with Gasteiger partial charge in [0, 0.05) is 25.9 Å². The second-order valence-corrected chi connectivity index (χ2v) is 4.38. The van der Waals surface area contributed by atoms with E-state index in [0.717, 1.165) is 30.0 Å². The number of nitrogens with one attached hydrogen (secondary N) is 1. The molecule has 0 fully saturated rings. The van der Waals surface area contributed by atoms with Crippen LogP contribution in [0.5, 0.6) is 0 Å². The van der Waals surface area contributed by atoms with E-state index in [0.29, 0.717) is 0 Å². The maximum atomic E-state index is 4.44. The van der Waals surface area contributed by atoms with Gasteiger partial charge in [-0.15, -0.1) is 0 Å². The first-order chi connectivity index (χ1) is 8.69. The summed E-state index contributed by atoms with van der Waals surface area (Å²) in [4.78, 5) is 8.74. The standard InChI is InChI=1S/C13H19N5/c1-4-14-12(7-11-5-6-18(3)17-11)13-9-15-10(2)8-16-13/h5-6,8-9,12,14H,4,7H2,1-3H3. The van der Waals surface area contributed by atoms with Crippen LogP contribution >= 0.6 is 0 Å². The van der Waals surface area contributed by atoms with E-state index in [4.69, 9.17) is 0 Å². The summed E-state index contributed by atoms with van der Waals surface area (Å²) in [5.74, 6) is 0. The van der Waals surface area contributed by atoms with E-state index < -0.39 is 0 Å². The Hall–Kier alpha value is -1.75. The largest absolute Gasteiger partial charge is 0.309 e. The van der Waals surface area contributed by atoms with Gasteiger partial charge in [0.05, 0.1) is 29.3 Å². The molecule has 0 radical (unpaired) electrons. The molecule has 0 bridgehead atoms. The summed E-state index contributed by atoms with van der Waals surface area (Å²) >= 11 is 0. The topological polar surface area (TPSA) is 55.6 Å². The molecule has 0 saturated carbocycles. The highest BCUT2D eigenvalue weighted by Gasteiger charge is 2.14. The van der Waals surface area contributed by atoms with Crippen molar-refractivity contribution in [2.24, 2.45) is 7.05 Å². The van der Waals surface area contributed by atoms with Crippen molar-refractivity contribution in [2.45, 2.75) is 26.3 Å². The fourth-order valence-corrected chi connectivity index (χ4v) is 1.89. The molecular weight excluding hydrogens is 226 g/mol. The molecule has 0 aliphatic carbocycles. The van der Waals surface area contributed by atoms with Gasteiger partial charge in [-0.05, 0) is 19.5 Å². The van der Waals surface area contributed by atoms with Crippen LogP contribution in [0.1, 0.15) is 30.0 Å². The van der Waals surface area contributed by atoms with Crippen molar-refractivity contribution < 1.29 is 0 Å². The number of rotatable bonds is 5. The average Bonchev–Trinajstić information content (AvgIpc) is 2.75. The zero-order valence-corrected chi connectivity index (χ0v) is 11.1. The molecule has 0 amide bonds. The molecule has 2 heterocycles. The molecule has 0 aliphatic heterocycles. The lowest BCUT2D eigenvalue weighted by molar-refractivity contribution is 0.525. The second kappa shape index (κ2) is 5.73. The Kier molecular flexibility index (Phi) is 4.04. The normalized spacial score (nSPS) is 12.6. The number of hydrogen-bond donors (Lipinski definition) is 1. The molecule has 18 heavy (non-hydrogen) atoms. The van der Waals surface area contributed by atoms with Crippen molar-refractivity contribution in [3.63, 3.8) is 0 Å². The number of aryl methyl sites for hydroxylation is 2. The van der Waals surface area contributed by atoms with Crippen LogP contribution in [0.4, 0.5) is 0 Å². The third kappa shape index (κ3) is 3.13. The number of hydrogen-bond acceptors (Lipinski definition) is 4. The van der Waals surface area contributed by atoms with E-state index in [-0.39, 0.29) is 6.04 Å². The minimum atomic E-state index is 0.165. The van der Waals surface area contributed by atoms with E-state index in [9.17, 15) is 0 Å². The van der Waals surface area contributed by atoms with E-state index >= 15 is 0 Å². The predicted molar refractivity (Wildman–Crippen MR) is 70.1 cm³/mol. The fraction of sp³-hybridized carbons (Fsp3) is 0.462. The number of likely N-dealkylation sites (N-methyl/N-ethyl adjacent to an activating group) is 1. The van der Waals surface area contributed by atoms with E-state index in [2.05, 4.69) is 27.3 Å². The maximum absolute atomic E-state index is 4.44. The molecule has 1 atom stereocenters. The monoisotopic (exact) mass is 245 g/mol. The molecule has 1 N–H and O–H groups in total. The lowest BCUT2D eigenvalue weighted by Crippen LogP contribution is -2.24. The smallest absolute Gasteiger partial charge is 0.0760 e. The van der Waals surface area contributed by atoms with Crippen molar-refractivity contribution in [3.05, 3.63) is 41.7 Å². The summed E-state index contributed by atoms with van der Waals surface area (Å²) in [7, 11) is 1.93. The summed E-state index contributed by atoms with van der Waals surface area (Å²) < 4.78 is 1.82. The molecular formula is C13H19N5. The van der Waals surface area contributed by atoms with Gasteiger partial charge in [-0.25, -0.2) is 0 Å². The van der Waals surface area contributed by atoms with Crippen molar-refractivity contribution in [1.29, 1.82) is 0 Å². The zero-order chi connectivity index (χ0) is 13.0. The van der Waals surface area contributed by atoms with E-state index in [1.807, 2.05) is 37.1 Å². The Balaban J connectivity index is 2.14. The van der Waals surface area contributed by atoms with Crippen LogP contribution in [0.25, 0.3) is 0 Å². The van der Waals surface area contributed by atoms with Crippen LogP contribution in [0.2, 0.25) is 0 Å². The molecule has 5 nitrogen and oxygen atoms in total. The molecule has 2 aromatic rings. The molecule has 0 aliphatic rings. The van der Waals surface area contributed by atoms with Gasteiger partial charge in [-0.3, -0.25) is 14.6 Å². The summed E-state index contributed by atoms with van der Waals surface area (Å²) in [5, 5.41) is 7.83. The Morgan fingerprint density at radius 3 is 2.72 bits per heavy atom. The number of aromatic nitrogens is 4. The Labute approximate surface area is 107 Å². The van der Waals surface area contributed by atoms with Gasteiger partial charge in [0.1, 0.15) is 0 Å². The molecule has 0 aromatic carbocycles. The summed E-state index contributed by atoms with van der Waals surface area (Å²) in [6, 6.07) is 2.20. The van der Waals surface area contributed by atoms with Crippen LogP contribution in [0.3, 0.4) is 0 Å². The Bertz CT molecular complexity index is 488. The van der Waals surface area contributed by atoms with Crippen LogP contribution in [0.15, 0.2) is 24.7 Å². The van der Waals surface area contributed by atoms with E-state index in [1.54, 1.807) is 6.20 Å². The lowest BCUT2D eigenvalue weighted by atomic mass is 10.1. The summed E-state index contributed by atoms with van der Waals surface area (Å²) in [5.41, 5.74) is 2.96. The molecule has 2 rings (SSSR count). The number of nitrogens with zero attached hydrogens (tertiary/aromatic N) is 4. The first-order valence-electron chi connectivity index (χ1n) is 6.19. The quantitative estimate of drug-likeness (QED) is 0.865.